The fourth-order valence-electron chi connectivity index (χ4n) is 1.69. The highest BCUT2D eigenvalue weighted by atomic mass is 16.6. The van der Waals surface area contributed by atoms with Crippen molar-refractivity contribution < 1.29 is 14.6 Å². The van der Waals surface area contributed by atoms with Crippen LogP contribution in [0.15, 0.2) is 30.0 Å². The molecule has 1 heterocycles. The Morgan fingerprint density at radius 1 is 1.38 bits per heavy atom. The first kappa shape index (κ1) is 11.0. The molecule has 1 unspecified atom stereocenters. The largest absolute Gasteiger partial charge is 0.508 e. The molecule has 16 heavy (non-hydrogen) atoms. The molecule has 1 aliphatic rings. The zero-order valence-corrected chi connectivity index (χ0v) is 9.56. The number of hydrogen-bond acceptors (Lipinski definition) is 3. The summed E-state index contributed by atoms with van der Waals surface area (Å²) in [5.41, 5.74) is 0.124. The number of benzene rings is 1. The number of fused-ring (bicyclic) bond motifs is 1. The third-order valence-corrected chi connectivity index (χ3v) is 2.67. The van der Waals surface area contributed by atoms with Crippen molar-refractivity contribution in [1.82, 2.24) is 0 Å². The molecule has 0 fully saturated rings. The standard InChI is InChI=1S/C13H16O3/c1-3-15-9-13(2)12(14)8-10-6-4-5-7-11(10)16-13/h4-8,14H,3,9H2,1-2H3. The number of aliphatic hydroxyl groups is 1. The Hall–Kier alpha value is -1.48. The Kier molecular flexibility index (Phi) is 2.88. The van der Waals surface area contributed by atoms with Crippen LogP contribution in [-0.4, -0.2) is 23.9 Å². The SMILES string of the molecule is CCOCC1(C)Oc2ccccc2C=C1O. The number of ether oxygens (including phenoxy) is 2. The Balaban J connectivity index is 2.29. The van der Waals surface area contributed by atoms with E-state index < -0.39 is 5.60 Å². The van der Waals surface area contributed by atoms with Crippen molar-refractivity contribution >= 4 is 6.08 Å². The van der Waals surface area contributed by atoms with E-state index in [1.165, 1.54) is 0 Å². The molecule has 2 rings (SSSR count). The van der Waals surface area contributed by atoms with E-state index in [4.69, 9.17) is 9.47 Å². The lowest BCUT2D eigenvalue weighted by Crippen LogP contribution is -2.41. The van der Waals surface area contributed by atoms with E-state index in [0.717, 1.165) is 11.3 Å². The van der Waals surface area contributed by atoms with Crippen LogP contribution in [0.4, 0.5) is 0 Å². The molecule has 3 nitrogen and oxygen atoms in total. The van der Waals surface area contributed by atoms with Crippen LogP contribution < -0.4 is 4.74 Å². The van der Waals surface area contributed by atoms with E-state index in [-0.39, 0.29) is 5.76 Å². The summed E-state index contributed by atoms with van der Waals surface area (Å²) in [7, 11) is 0. The Bertz CT molecular complexity index is 411. The van der Waals surface area contributed by atoms with Gasteiger partial charge in [-0.2, -0.15) is 0 Å². The maximum Gasteiger partial charge on any atom is 0.185 e. The molecular weight excluding hydrogens is 204 g/mol. The van der Waals surface area contributed by atoms with Crippen molar-refractivity contribution in [3.05, 3.63) is 35.6 Å². The van der Waals surface area contributed by atoms with Crippen LogP contribution in [0.3, 0.4) is 0 Å². The summed E-state index contributed by atoms with van der Waals surface area (Å²) in [6.45, 7) is 4.69. The number of hydrogen-bond donors (Lipinski definition) is 1. The molecule has 1 N–H and O–H groups in total. The molecule has 0 saturated heterocycles. The van der Waals surface area contributed by atoms with Crippen molar-refractivity contribution in [2.24, 2.45) is 0 Å². The molecule has 0 aromatic heterocycles. The number of aliphatic hydroxyl groups excluding tert-OH is 1. The van der Waals surface area contributed by atoms with E-state index in [2.05, 4.69) is 0 Å². The second-order valence-electron chi connectivity index (χ2n) is 4.04. The summed E-state index contributed by atoms with van der Waals surface area (Å²) in [6, 6.07) is 7.63. The Morgan fingerprint density at radius 2 is 2.12 bits per heavy atom. The fraction of sp³-hybridized carbons (Fsp3) is 0.385. The van der Waals surface area contributed by atoms with Gasteiger partial charge in [-0.15, -0.1) is 0 Å². The third kappa shape index (κ3) is 1.91. The van der Waals surface area contributed by atoms with Gasteiger partial charge in [0.1, 0.15) is 11.5 Å². The summed E-state index contributed by atoms with van der Waals surface area (Å²) < 4.78 is 11.1. The summed E-state index contributed by atoms with van der Waals surface area (Å²) in [5.74, 6) is 0.988. The van der Waals surface area contributed by atoms with Crippen LogP contribution in [-0.2, 0) is 4.74 Å². The van der Waals surface area contributed by atoms with E-state index in [9.17, 15) is 5.11 Å². The van der Waals surface area contributed by atoms with Gasteiger partial charge in [-0.1, -0.05) is 18.2 Å². The second kappa shape index (κ2) is 4.18. The van der Waals surface area contributed by atoms with Crippen LogP contribution in [0.1, 0.15) is 19.4 Å². The fourth-order valence-corrected chi connectivity index (χ4v) is 1.69. The molecule has 0 spiro atoms. The molecule has 1 aromatic rings. The van der Waals surface area contributed by atoms with Gasteiger partial charge in [-0.25, -0.2) is 0 Å². The van der Waals surface area contributed by atoms with Crippen molar-refractivity contribution in [2.75, 3.05) is 13.2 Å². The Labute approximate surface area is 95.3 Å². The number of para-hydroxylation sites is 1. The molecule has 0 radical (unpaired) electrons. The predicted molar refractivity (Wildman–Crippen MR) is 62.6 cm³/mol. The molecule has 0 aliphatic carbocycles. The maximum absolute atomic E-state index is 9.96. The van der Waals surface area contributed by atoms with Gasteiger partial charge in [0.05, 0.1) is 6.61 Å². The van der Waals surface area contributed by atoms with Crippen LogP contribution in [0.25, 0.3) is 6.08 Å². The molecular formula is C13H16O3. The monoisotopic (exact) mass is 220 g/mol. The zero-order valence-electron chi connectivity index (χ0n) is 9.56. The summed E-state index contributed by atoms with van der Waals surface area (Å²) in [4.78, 5) is 0. The van der Waals surface area contributed by atoms with Crippen LogP contribution in [0.2, 0.25) is 0 Å². The highest BCUT2D eigenvalue weighted by molar-refractivity contribution is 5.62. The molecule has 1 aliphatic heterocycles. The topological polar surface area (TPSA) is 38.7 Å². The van der Waals surface area contributed by atoms with Gasteiger partial charge in [0, 0.05) is 12.2 Å². The van der Waals surface area contributed by atoms with Gasteiger partial charge in [-0.05, 0) is 26.0 Å². The highest BCUT2D eigenvalue weighted by Gasteiger charge is 2.35. The average Bonchev–Trinajstić information content (AvgIpc) is 2.28. The Morgan fingerprint density at radius 3 is 2.88 bits per heavy atom. The van der Waals surface area contributed by atoms with Crippen molar-refractivity contribution in [3.8, 4) is 5.75 Å². The van der Waals surface area contributed by atoms with Crippen LogP contribution in [0, 0.1) is 0 Å². The highest BCUT2D eigenvalue weighted by Crippen LogP contribution is 2.34. The van der Waals surface area contributed by atoms with Gasteiger partial charge in [0.25, 0.3) is 0 Å². The first-order valence-electron chi connectivity index (χ1n) is 5.42. The second-order valence-corrected chi connectivity index (χ2v) is 4.04. The third-order valence-electron chi connectivity index (χ3n) is 2.67. The zero-order chi connectivity index (χ0) is 11.6. The average molecular weight is 220 g/mol. The number of rotatable bonds is 3. The molecule has 86 valence electrons. The minimum atomic E-state index is -0.773. The van der Waals surface area contributed by atoms with Gasteiger partial charge in [0.15, 0.2) is 5.60 Å². The normalized spacial score (nSPS) is 23.2. The maximum atomic E-state index is 9.96. The minimum Gasteiger partial charge on any atom is -0.508 e. The molecule has 3 heteroatoms. The predicted octanol–water partition coefficient (Wildman–Crippen LogP) is 2.77. The van der Waals surface area contributed by atoms with E-state index in [1.807, 2.05) is 38.1 Å². The van der Waals surface area contributed by atoms with Gasteiger partial charge in [-0.3, -0.25) is 0 Å². The minimum absolute atomic E-state index is 0.208. The van der Waals surface area contributed by atoms with Gasteiger partial charge < -0.3 is 14.6 Å². The quantitative estimate of drug-likeness (QED) is 0.851. The van der Waals surface area contributed by atoms with E-state index in [0.29, 0.717) is 13.2 Å². The van der Waals surface area contributed by atoms with Crippen LogP contribution in [0.5, 0.6) is 5.75 Å². The summed E-state index contributed by atoms with van der Waals surface area (Å²) >= 11 is 0. The summed E-state index contributed by atoms with van der Waals surface area (Å²) in [6.07, 6.45) is 1.73. The smallest absolute Gasteiger partial charge is 0.185 e. The summed E-state index contributed by atoms with van der Waals surface area (Å²) in [5, 5.41) is 9.96. The molecule has 0 amide bonds. The van der Waals surface area contributed by atoms with Gasteiger partial charge >= 0.3 is 0 Å². The van der Waals surface area contributed by atoms with Crippen LogP contribution >= 0.6 is 0 Å². The lowest BCUT2D eigenvalue weighted by molar-refractivity contribution is -0.0127. The molecule has 0 saturated carbocycles. The lowest BCUT2D eigenvalue weighted by Gasteiger charge is -2.33. The molecule has 1 atom stereocenters. The van der Waals surface area contributed by atoms with E-state index in [1.54, 1.807) is 6.08 Å². The van der Waals surface area contributed by atoms with Gasteiger partial charge in [0.2, 0.25) is 0 Å². The first-order valence-corrected chi connectivity index (χ1v) is 5.42. The van der Waals surface area contributed by atoms with Crippen molar-refractivity contribution in [1.29, 1.82) is 0 Å². The van der Waals surface area contributed by atoms with Crippen molar-refractivity contribution in [3.63, 3.8) is 0 Å². The van der Waals surface area contributed by atoms with E-state index >= 15 is 0 Å². The molecule has 1 aromatic carbocycles. The first-order chi connectivity index (χ1) is 7.65. The molecule has 0 bridgehead atoms. The lowest BCUT2D eigenvalue weighted by atomic mass is 9.99. The van der Waals surface area contributed by atoms with Crippen molar-refractivity contribution in [2.45, 2.75) is 19.4 Å².